The maximum absolute atomic E-state index is 12.4. The second-order valence-electron chi connectivity index (χ2n) is 10.1. The fourth-order valence-electron chi connectivity index (χ4n) is 7.92. The van der Waals surface area contributed by atoms with Gasteiger partial charge in [-0.1, -0.05) is 19.1 Å². The molecule has 0 radical (unpaired) electrons. The van der Waals surface area contributed by atoms with Crippen molar-refractivity contribution in [2.24, 2.45) is 34.0 Å². The van der Waals surface area contributed by atoms with Gasteiger partial charge in [0.1, 0.15) is 11.5 Å². The molecule has 0 aromatic rings. The molecule has 26 heavy (non-hydrogen) atoms. The van der Waals surface area contributed by atoms with Crippen molar-refractivity contribution in [2.75, 3.05) is 0 Å². The summed E-state index contributed by atoms with van der Waals surface area (Å²) < 4.78 is 5.54. The Bertz CT molecular complexity index is 669. The number of carboxylic acids is 1. The second kappa shape index (κ2) is 5.59. The smallest absolute Gasteiger partial charge is 0.313 e. The molecular formula is C22H32O4. The van der Waals surface area contributed by atoms with E-state index in [2.05, 4.69) is 13.5 Å². The number of allylic oxidation sites excluding steroid dienone is 1. The van der Waals surface area contributed by atoms with Gasteiger partial charge in [-0.15, -0.1) is 0 Å². The zero-order valence-corrected chi connectivity index (χ0v) is 16.3. The van der Waals surface area contributed by atoms with E-state index in [1.54, 1.807) is 0 Å². The van der Waals surface area contributed by atoms with Crippen LogP contribution in [0.2, 0.25) is 0 Å². The Balaban J connectivity index is 1.73. The van der Waals surface area contributed by atoms with E-state index >= 15 is 0 Å². The summed E-state index contributed by atoms with van der Waals surface area (Å²) in [5.74, 6) is 0.147. The van der Waals surface area contributed by atoms with E-state index in [-0.39, 0.29) is 17.3 Å². The molecule has 4 rings (SSSR count). The molecule has 144 valence electrons. The minimum Gasteiger partial charge on any atom is -0.481 e. The van der Waals surface area contributed by atoms with Crippen molar-refractivity contribution in [3.8, 4) is 0 Å². The molecule has 4 aliphatic carbocycles. The van der Waals surface area contributed by atoms with Crippen molar-refractivity contribution in [3.63, 3.8) is 0 Å². The van der Waals surface area contributed by atoms with Gasteiger partial charge in [-0.25, -0.2) is 0 Å². The molecule has 4 saturated carbocycles. The maximum atomic E-state index is 12.4. The normalized spacial score (nSPS) is 49.9. The molecule has 1 spiro atoms. The number of carbonyl (C=O) groups excluding carboxylic acids is 1. The lowest BCUT2D eigenvalue weighted by Gasteiger charge is -2.64. The van der Waals surface area contributed by atoms with Gasteiger partial charge in [-0.3, -0.25) is 9.59 Å². The molecule has 7 atom stereocenters. The number of hydrogen-bond acceptors (Lipinski definition) is 3. The average Bonchev–Trinajstić information content (AvgIpc) is 2.79. The number of aliphatic carboxylic acids is 1. The van der Waals surface area contributed by atoms with Crippen molar-refractivity contribution in [3.05, 3.63) is 12.2 Å². The van der Waals surface area contributed by atoms with Gasteiger partial charge in [0.15, 0.2) is 0 Å². The van der Waals surface area contributed by atoms with Crippen LogP contribution in [0.15, 0.2) is 12.2 Å². The van der Waals surface area contributed by atoms with Crippen LogP contribution < -0.4 is 0 Å². The Labute approximate surface area is 156 Å². The topological polar surface area (TPSA) is 63.6 Å². The van der Waals surface area contributed by atoms with Crippen LogP contribution in [-0.2, 0) is 14.3 Å². The van der Waals surface area contributed by atoms with Gasteiger partial charge in [0.2, 0.25) is 0 Å². The molecule has 0 saturated heterocycles. The number of rotatable bonds is 2. The maximum Gasteiger partial charge on any atom is 0.313 e. The Kier molecular flexibility index (Phi) is 3.88. The largest absolute Gasteiger partial charge is 0.481 e. The van der Waals surface area contributed by atoms with Gasteiger partial charge >= 0.3 is 11.9 Å². The Morgan fingerprint density at radius 3 is 2.50 bits per heavy atom. The molecule has 0 heterocycles. The van der Waals surface area contributed by atoms with Gasteiger partial charge in [0.25, 0.3) is 0 Å². The van der Waals surface area contributed by atoms with Crippen molar-refractivity contribution >= 4 is 11.9 Å². The first-order valence-electron chi connectivity index (χ1n) is 10.2. The highest BCUT2D eigenvalue weighted by molar-refractivity contribution is 5.77. The van der Waals surface area contributed by atoms with Crippen LogP contribution in [0.5, 0.6) is 0 Å². The van der Waals surface area contributed by atoms with E-state index < -0.39 is 17.5 Å². The fraction of sp³-hybridized carbons (Fsp3) is 0.818. The molecule has 4 nitrogen and oxygen atoms in total. The lowest BCUT2D eigenvalue weighted by molar-refractivity contribution is -0.212. The number of ether oxygens (including phenoxy) is 1. The van der Waals surface area contributed by atoms with E-state index in [0.717, 1.165) is 25.7 Å². The lowest BCUT2D eigenvalue weighted by Crippen LogP contribution is -2.63. The summed E-state index contributed by atoms with van der Waals surface area (Å²) in [4.78, 5) is 24.0. The molecule has 0 aliphatic heterocycles. The van der Waals surface area contributed by atoms with Crippen molar-refractivity contribution in [1.82, 2.24) is 0 Å². The predicted molar refractivity (Wildman–Crippen MR) is 98.4 cm³/mol. The summed E-state index contributed by atoms with van der Waals surface area (Å²) >= 11 is 0. The predicted octanol–water partition coefficient (Wildman–Crippen LogP) is 4.58. The molecule has 4 heteroatoms. The number of carbonyl (C=O) groups is 2. The third-order valence-corrected chi connectivity index (χ3v) is 8.98. The summed E-state index contributed by atoms with van der Waals surface area (Å²) in [6.45, 7) is 9.92. The van der Waals surface area contributed by atoms with Crippen LogP contribution >= 0.6 is 0 Å². The third kappa shape index (κ3) is 2.20. The molecule has 2 bridgehead atoms. The minimum atomic E-state index is -0.993. The van der Waals surface area contributed by atoms with Crippen LogP contribution in [0.1, 0.15) is 72.1 Å². The first kappa shape index (κ1) is 18.1. The monoisotopic (exact) mass is 360 g/mol. The number of hydrogen-bond donors (Lipinski definition) is 1. The second-order valence-corrected chi connectivity index (χ2v) is 10.1. The summed E-state index contributed by atoms with van der Waals surface area (Å²) in [5.41, 5.74) is 0.799. The number of fused-ring (bicyclic) bond motifs is 3. The molecule has 0 aromatic carbocycles. The quantitative estimate of drug-likeness (QED) is 0.578. The molecule has 0 amide bonds. The highest BCUT2D eigenvalue weighted by atomic mass is 16.5. The summed E-state index contributed by atoms with van der Waals surface area (Å²) in [6, 6.07) is 0. The van der Waals surface area contributed by atoms with Crippen LogP contribution in [0, 0.1) is 34.0 Å². The Hall–Kier alpha value is -1.32. The van der Waals surface area contributed by atoms with Crippen molar-refractivity contribution in [1.29, 1.82) is 0 Å². The third-order valence-electron chi connectivity index (χ3n) is 8.98. The van der Waals surface area contributed by atoms with E-state index in [4.69, 9.17) is 4.74 Å². The van der Waals surface area contributed by atoms with E-state index in [9.17, 15) is 14.7 Å². The summed E-state index contributed by atoms with van der Waals surface area (Å²) in [6.07, 6.45) is 7.94. The molecule has 1 N–H and O–H groups in total. The summed E-state index contributed by atoms with van der Waals surface area (Å²) in [5, 5.41) is 10.2. The van der Waals surface area contributed by atoms with Gasteiger partial charge in [-0.2, -0.15) is 0 Å². The van der Waals surface area contributed by atoms with E-state index in [1.165, 1.54) is 31.8 Å². The zero-order chi connectivity index (χ0) is 18.9. The van der Waals surface area contributed by atoms with Crippen molar-refractivity contribution < 1.29 is 19.4 Å². The highest BCUT2D eigenvalue weighted by Gasteiger charge is 2.67. The van der Waals surface area contributed by atoms with Crippen LogP contribution in [-0.4, -0.2) is 23.1 Å². The van der Waals surface area contributed by atoms with Crippen LogP contribution in [0.3, 0.4) is 0 Å². The first-order valence-corrected chi connectivity index (χ1v) is 10.2. The number of carboxylic acid groups (broad SMARTS) is 1. The minimum absolute atomic E-state index is 0.0115. The molecule has 7 unspecified atom stereocenters. The van der Waals surface area contributed by atoms with Gasteiger partial charge in [0, 0.05) is 6.92 Å². The van der Waals surface area contributed by atoms with E-state index in [0.29, 0.717) is 23.7 Å². The summed E-state index contributed by atoms with van der Waals surface area (Å²) in [7, 11) is 0. The SMILES string of the molecule is C=C1CC23CCC4C(C)(CCC(OC(C)=O)C4(C)C(=O)O)C2CCC1C3. The van der Waals surface area contributed by atoms with Crippen molar-refractivity contribution in [2.45, 2.75) is 78.2 Å². The zero-order valence-electron chi connectivity index (χ0n) is 16.3. The molecular weight excluding hydrogens is 328 g/mol. The van der Waals surface area contributed by atoms with Gasteiger partial charge in [0.05, 0.1) is 0 Å². The standard InChI is InChI=1S/C22H32O4/c1-13-11-22-10-7-16-20(3,17(22)6-5-15(13)12-22)9-8-18(26-14(2)23)21(16,4)19(24)25/h15-18H,1,5-12H2,2-4H3,(H,24,25). The van der Waals surface area contributed by atoms with E-state index in [1.807, 2.05) is 6.92 Å². The highest BCUT2D eigenvalue weighted by Crippen LogP contribution is 2.72. The van der Waals surface area contributed by atoms with Gasteiger partial charge in [-0.05, 0) is 86.9 Å². The Morgan fingerprint density at radius 2 is 1.85 bits per heavy atom. The molecule has 4 fully saturated rings. The van der Waals surface area contributed by atoms with Gasteiger partial charge < -0.3 is 9.84 Å². The number of esters is 1. The Morgan fingerprint density at radius 1 is 1.12 bits per heavy atom. The van der Waals surface area contributed by atoms with Crippen LogP contribution in [0.25, 0.3) is 0 Å². The molecule has 4 aliphatic rings. The first-order chi connectivity index (χ1) is 12.1. The molecule has 0 aromatic heterocycles. The van der Waals surface area contributed by atoms with Crippen LogP contribution in [0.4, 0.5) is 0 Å². The lowest BCUT2D eigenvalue weighted by atomic mass is 9.40. The average molecular weight is 360 g/mol. The fourth-order valence-corrected chi connectivity index (χ4v) is 7.92.